The van der Waals surface area contributed by atoms with Crippen LogP contribution in [0.25, 0.3) is 0 Å². The molecule has 0 bridgehead atoms. The second kappa shape index (κ2) is 16.0. The van der Waals surface area contributed by atoms with Crippen molar-refractivity contribution in [3.8, 4) is 11.5 Å². The number of benzene rings is 4. The van der Waals surface area contributed by atoms with Gasteiger partial charge in [-0.15, -0.1) is 0 Å². The first-order chi connectivity index (χ1) is 25.9. The predicted octanol–water partition coefficient (Wildman–Crippen LogP) is 8.56. The Balaban J connectivity index is 1.02. The molecule has 1 amide bonds. The van der Waals surface area contributed by atoms with Crippen molar-refractivity contribution in [2.75, 3.05) is 38.2 Å². The first kappa shape index (κ1) is 35.8. The van der Waals surface area contributed by atoms with E-state index in [9.17, 15) is 4.79 Å². The standard InChI is InChI=1S/C45H51FN2O5/c1-45-28-41(53-35-14-18-40(39(46)27-35)47-43(49)20-21-48-22-24-50-25-23-48)44-36-16-13-34(51-29-31-8-4-2-5-9-31)26-33(36)12-15-37(44)38(45)17-19-42(45)52-30-32-10-6-3-7-11-32/h2-11,13-14,16,18,26-27,37-38,41-42,44H,12,15,17,19-25,28-30H2,1H3,(H,47,49)/t37-,38-,41-,42-,44+,45-/m0/s1. The van der Waals surface area contributed by atoms with Gasteiger partial charge in [0, 0.05) is 43.5 Å². The Labute approximate surface area is 312 Å². The van der Waals surface area contributed by atoms with Gasteiger partial charge < -0.3 is 24.3 Å². The normalized spacial score (nSPS) is 26.6. The molecule has 278 valence electrons. The fraction of sp³-hybridized carbons (Fsp3) is 0.444. The molecule has 1 saturated heterocycles. The molecule has 8 heteroatoms. The van der Waals surface area contributed by atoms with E-state index in [0.29, 0.717) is 57.0 Å². The van der Waals surface area contributed by atoms with E-state index in [0.717, 1.165) is 56.5 Å². The number of hydrogen-bond donors (Lipinski definition) is 1. The average Bonchev–Trinajstić information content (AvgIpc) is 3.52. The summed E-state index contributed by atoms with van der Waals surface area (Å²) in [7, 11) is 0. The van der Waals surface area contributed by atoms with E-state index in [1.807, 2.05) is 24.3 Å². The highest BCUT2D eigenvalue weighted by molar-refractivity contribution is 5.91. The highest BCUT2D eigenvalue weighted by Gasteiger charge is 2.59. The van der Waals surface area contributed by atoms with Gasteiger partial charge in [0.2, 0.25) is 5.91 Å². The molecule has 1 N–H and O–H groups in total. The summed E-state index contributed by atoms with van der Waals surface area (Å²) in [6, 6.07) is 32.1. The minimum Gasteiger partial charge on any atom is -0.490 e. The molecule has 8 rings (SSSR count). The molecule has 4 aromatic rings. The highest BCUT2D eigenvalue weighted by atomic mass is 19.1. The summed E-state index contributed by atoms with van der Waals surface area (Å²) in [6.07, 6.45) is 5.26. The number of hydrogen-bond acceptors (Lipinski definition) is 6. The molecule has 0 unspecified atom stereocenters. The predicted molar refractivity (Wildman–Crippen MR) is 204 cm³/mol. The quantitative estimate of drug-likeness (QED) is 0.158. The zero-order valence-corrected chi connectivity index (χ0v) is 30.7. The van der Waals surface area contributed by atoms with E-state index in [4.69, 9.17) is 18.9 Å². The summed E-state index contributed by atoms with van der Waals surface area (Å²) < 4.78 is 40.9. The molecular weight excluding hydrogens is 668 g/mol. The lowest BCUT2D eigenvalue weighted by molar-refractivity contribution is -0.116. The first-order valence-corrected chi connectivity index (χ1v) is 19.4. The molecular formula is C45H51FN2O5. The zero-order valence-electron chi connectivity index (χ0n) is 30.7. The van der Waals surface area contributed by atoms with Crippen LogP contribution in [0.1, 0.15) is 67.2 Å². The van der Waals surface area contributed by atoms with Crippen molar-refractivity contribution in [1.29, 1.82) is 0 Å². The summed E-state index contributed by atoms with van der Waals surface area (Å²) in [5.74, 6) is 1.75. The lowest BCUT2D eigenvalue weighted by Crippen LogP contribution is -2.52. The number of aryl methyl sites for hydroxylation is 1. The SMILES string of the molecule is C[C@]12C[C@H](Oc3ccc(NC(=O)CCN4CCOCC4)c(F)c3)[C@@H]3c4ccc(OCc5ccccc5)cc4CC[C@H]3[C@@H]1CC[C@@H]2OCc1ccccc1. The van der Waals surface area contributed by atoms with Crippen molar-refractivity contribution in [2.24, 2.45) is 17.3 Å². The minimum absolute atomic E-state index is 0.0796. The molecule has 0 aromatic heterocycles. The number of fused-ring (bicyclic) bond motifs is 5. The van der Waals surface area contributed by atoms with Crippen molar-refractivity contribution < 1.29 is 28.1 Å². The smallest absolute Gasteiger partial charge is 0.225 e. The minimum atomic E-state index is -0.493. The lowest BCUT2D eigenvalue weighted by atomic mass is 9.54. The Morgan fingerprint density at radius 2 is 1.62 bits per heavy atom. The maximum Gasteiger partial charge on any atom is 0.225 e. The van der Waals surface area contributed by atoms with Crippen LogP contribution in [0.5, 0.6) is 11.5 Å². The van der Waals surface area contributed by atoms with Gasteiger partial charge >= 0.3 is 0 Å². The number of anilines is 1. The lowest BCUT2D eigenvalue weighted by Gasteiger charge is -2.53. The van der Waals surface area contributed by atoms with Crippen LogP contribution < -0.4 is 14.8 Å². The molecule has 3 fully saturated rings. The average molecular weight is 719 g/mol. The molecule has 53 heavy (non-hydrogen) atoms. The maximum atomic E-state index is 15.6. The Bertz CT molecular complexity index is 1850. The number of nitrogens with zero attached hydrogens (tertiary/aromatic N) is 1. The molecule has 1 heterocycles. The Hall–Kier alpha value is -4.24. The first-order valence-electron chi connectivity index (χ1n) is 19.4. The number of amides is 1. The summed E-state index contributed by atoms with van der Waals surface area (Å²) in [6.45, 7) is 7.12. The fourth-order valence-corrected chi connectivity index (χ4v) is 9.69. The van der Waals surface area contributed by atoms with Crippen LogP contribution in [0, 0.1) is 23.1 Å². The van der Waals surface area contributed by atoms with Gasteiger partial charge in [0.1, 0.15) is 30.0 Å². The van der Waals surface area contributed by atoms with Crippen LogP contribution >= 0.6 is 0 Å². The van der Waals surface area contributed by atoms with E-state index in [1.165, 1.54) is 22.8 Å². The third kappa shape index (κ3) is 8.01. The van der Waals surface area contributed by atoms with Crippen molar-refractivity contribution >= 4 is 11.6 Å². The number of morpholine rings is 1. The van der Waals surface area contributed by atoms with Gasteiger partial charge in [-0.25, -0.2) is 4.39 Å². The largest absolute Gasteiger partial charge is 0.490 e. The van der Waals surface area contributed by atoms with E-state index in [2.05, 4.69) is 71.7 Å². The number of ether oxygens (including phenoxy) is 4. The number of nitrogens with one attached hydrogen (secondary N) is 1. The van der Waals surface area contributed by atoms with E-state index >= 15 is 4.39 Å². The molecule has 2 saturated carbocycles. The van der Waals surface area contributed by atoms with Crippen LogP contribution in [0.3, 0.4) is 0 Å². The molecule has 7 nitrogen and oxygen atoms in total. The molecule has 4 aliphatic rings. The molecule has 1 aliphatic heterocycles. The summed E-state index contributed by atoms with van der Waals surface area (Å²) in [4.78, 5) is 14.9. The van der Waals surface area contributed by atoms with Gasteiger partial charge in [-0.2, -0.15) is 0 Å². The van der Waals surface area contributed by atoms with Gasteiger partial charge in [-0.05, 0) is 90.5 Å². The number of halogens is 1. The van der Waals surface area contributed by atoms with E-state index in [-0.39, 0.29) is 35.1 Å². The second-order valence-corrected chi connectivity index (χ2v) is 15.6. The molecule has 0 spiro atoms. The van der Waals surface area contributed by atoms with Gasteiger partial charge in [0.15, 0.2) is 0 Å². The van der Waals surface area contributed by atoms with Gasteiger partial charge in [0.05, 0.1) is 31.6 Å². The van der Waals surface area contributed by atoms with Crippen molar-refractivity contribution in [1.82, 2.24) is 4.90 Å². The van der Waals surface area contributed by atoms with Gasteiger partial charge in [-0.3, -0.25) is 9.69 Å². The van der Waals surface area contributed by atoms with Gasteiger partial charge in [0.25, 0.3) is 0 Å². The van der Waals surface area contributed by atoms with Crippen LogP contribution in [0.15, 0.2) is 97.1 Å². The fourth-order valence-electron chi connectivity index (χ4n) is 9.69. The topological polar surface area (TPSA) is 69.3 Å². The second-order valence-electron chi connectivity index (χ2n) is 15.6. The van der Waals surface area contributed by atoms with E-state index < -0.39 is 5.82 Å². The molecule has 0 radical (unpaired) electrons. The van der Waals surface area contributed by atoms with Crippen LogP contribution in [-0.4, -0.2) is 55.9 Å². The summed E-state index contributed by atoms with van der Waals surface area (Å²) in [5.41, 5.74) is 5.05. The Kier molecular flexibility index (Phi) is 10.8. The number of carbonyl (C=O) groups is 1. The monoisotopic (exact) mass is 718 g/mol. The molecule has 6 atom stereocenters. The van der Waals surface area contributed by atoms with Gasteiger partial charge in [-0.1, -0.05) is 73.7 Å². The third-order valence-corrected chi connectivity index (χ3v) is 12.4. The maximum absolute atomic E-state index is 15.6. The third-order valence-electron chi connectivity index (χ3n) is 12.4. The van der Waals surface area contributed by atoms with Crippen LogP contribution in [0.4, 0.5) is 10.1 Å². The van der Waals surface area contributed by atoms with Crippen molar-refractivity contribution in [3.63, 3.8) is 0 Å². The Morgan fingerprint density at radius 1 is 0.887 bits per heavy atom. The number of rotatable bonds is 12. The molecule has 4 aromatic carbocycles. The zero-order chi connectivity index (χ0) is 36.2. The van der Waals surface area contributed by atoms with E-state index in [1.54, 1.807) is 12.1 Å². The van der Waals surface area contributed by atoms with Crippen molar-refractivity contribution in [3.05, 3.63) is 125 Å². The summed E-state index contributed by atoms with van der Waals surface area (Å²) in [5, 5.41) is 2.78. The van der Waals surface area contributed by atoms with Crippen LogP contribution in [-0.2, 0) is 33.9 Å². The highest BCUT2D eigenvalue weighted by Crippen LogP contribution is 2.62. The van der Waals surface area contributed by atoms with Crippen LogP contribution in [0.2, 0.25) is 0 Å². The number of carbonyl (C=O) groups excluding carboxylic acids is 1. The Morgan fingerprint density at radius 3 is 2.38 bits per heavy atom. The summed E-state index contributed by atoms with van der Waals surface area (Å²) >= 11 is 0. The van der Waals surface area contributed by atoms with Crippen molar-refractivity contribution in [2.45, 2.75) is 76.8 Å². The molecule has 3 aliphatic carbocycles.